The first kappa shape index (κ1) is 25.6. The van der Waals surface area contributed by atoms with Crippen molar-refractivity contribution in [1.29, 1.82) is 0 Å². The van der Waals surface area contributed by atoms with Crippen molar-refractivity contribution in [3.8, 4) is 11.5 Å². The van der Waals surface area contributed by atoms with E-state index in [9.17, 15) is 18.0 Å². The van der Waals surface area contributed by atoms with E-state index in [2.05, 4.69) is 4.99 Å². The Labute approximate surface area is 214 Å². The molecule has 1 fully saturated rings. The van der Waals surface area contributed by atoms with Crippen molar-refractivity contribution < 1.29 is 32.2 Å². The molecule has 0 aliphatic carbocycles. The molecule has 3 aromatic rings. The minimum atomic E-state index is -3.91. The molecule has 3 heterocycles. The maximum absolute atomic E-state index is 13.3. The van der Waals surface area contributed by atoms with Crippen molar-refractivity contribution in [3.63, 3.8) is 0 Å². The zero-order chi connectivity index (χ0) is 25.3. The summed E-state index contributed by atoms with van der Waals surface area (Å²) in [5.74, 6) is -0.215. The fourth-order valence-electron chi connectivity index (χ4n) is 3.88. The van der Waals surface area contributed by atoms with Gasteiger partial charge in [0.1, 0.15) is 38.5 Å². The highest BCUT2D eigenvalue weighted by Crippen LogP contribution is 2.36. The molecule has 1 aliphatic rings. The standard InChI is InChI=1S/C21H22ClN3O7S3/c1-30-13-6-7-14(31-2)19-18(13)24(11-16(26)32-3)21(34-19)23-20(27)12-5-4-10-25(12)35(28,29)17-9-8-15(22)33-17/h6-9,12H,4-5,10-11H2,1-3H3. The number of rotatable bonds is 7. The first-order valence-electron chi connectivity index (χ1n) is 10.4. The summed E-state index contributed by atoms with van der Waals surface area (Å²) in [6.45, 7) is -0.0352. The Hall–Kier alpha value is -2.45. The lowest BCUT2D eigenvalue weighted by atomic mass is 10.2. The largest absolute Gasteiger partial charge is 0.495 e. The van der Waals surface area contributed by atoms with Crippen LogP contribution in [0.3, 0.4) is 0 Å². The van der Waals surface area contributed by atoms with E-state index in [0.717, 1.165) is 22.7 Å². The normalized spacial score (nSPS) is 17.1. The summed E-state index contributed by atoms with van der Waals surface area (Å²) in [5.41, 5.74) is 0.512. The van der Waals surface area contributed by atoms with Crippen LogP contribution in [0.5, 0.6) is 11.5 Å². The van der Waals surface area contributed by atoms with Gasteiger partial charge in [-0.1, -0.05) is 22.9 Å². The van der Waals surface area contributed by atoms with Crippen molar-refractivity contribution in [3.05, 3.63) is 33.4 Å². The molecule has 1 aromatic carbocycles. The zero-order valence-electron chi connectivity index (χ0n) is 19.0. The number of benzene rings is 1. The quantitative estimate of drug-likeness (QED) is 0.409. The van der Waals surface area contributed by atoms with E-state index in [0.29, 0.717) is 38.9 Å². The highest BCUT2D eigenvalue weighted by Gasteiger charge is 2.40. The molecular formula is C21H22ClN3O7S3. The van der Waals surface area contributed by atoms with Crippen LogP contribution in [0.1, 0.15) is 12.8 Å². The number of methoxy groups -OCH3 is 3. The maximum Gasteiger partial charge on any atom is 0.325 e. The zero-order valence-corrected chi connectivity index (χ0v) is 22.2. The Bertz CT molecular complexity index is 1460. The van der Waals surface area contributed by atoms with Crippen LogP contribution in [0.2, 0.25) is 4.34 Å². The van der Waals surface area contributed by atoms with E-state index in [-0.39, 0.29) is 22.1 Å². The molecule has 35 heavy (non-hydrogen) atoms. The molecule has 0 N–H and O–H groups in total. The third-order valence-corrected chi connectivity index (χ3v) is 10.2. The molecule has 0 saturated carbocycles. The number of nitrogens with zero attached hydrogens (tertiary/aromatic N) is 3. The second-order valence-electron chi connectivity index (χ2n) is 7.48. The molecule has 1 saturated heterocycles. The molecule has 0 bridgehead atoms. The van der Waals surface area contributed by atoms with Gasteiger partial charge < -0.3 is 18.8 Å². The molecule has 4 rings (SSSR count). The topological polar surface area (TPSA) is 116 Å². The van der Waals surface area contributed by atoms with Gasteiger partial charge in [-0.05, 0) is 37.1 Å². The summed E-state index contributed by atoms with van der Waals surface area (Å²) < 4.78 is 45.8. The number of thiophene rings is 1. The number of sulfonamides is 1. The molecule has 1 unspecified atom stereocenters. The van der Waals surface area contributed by atoms with Gasteiger partial charge in [0.15, 0.2) is 4.80 Å². The van der Waals surface area contributed by atoms with E-state index in [1.165, 1.54) is 42.3 Å². The summed E-state index contributed by atoms with van der Waals surface area (Å²) in [4.78, 5) is 30.0. The third kappa shape index (κ3) is 4.83. The van der Waals surface area contributed by atoms with E-state index in [1.54, 1.807) is 12.1 Å². The molecule has 2 aromatic heterocycles. The predicted molar refractivity (Wildman–Crippen MR) is 132 cm³/mol. The SMILES string of the molecule is COC(=O)Cn1c(=NC(=O)C2CCCN2S(=O)(=O)c2ccc(Cl)s2)sc2c(OC)ccc(OC)c21. The van der Waals surface area contributed by atoms with Gasteiger partial charge in [-0.2, -0.15) is 9.30 Å². The molecular weight excluding hydrogens is 538 g/mol. The Morgan fingerprint density at radius 1 is 1.11 bits per heavy atom. The van der Waals surface area contributed by atoms with Crippen LogP contribution in [0, 0.1) is 0 Å². The van der Waals surface area contributed by atoms with Crippen LogP contribution >= 0.6 is 34.3 Å². The maximum atomic E-state index is 13.3. The number of aromatic nitrogens is 1. The van der Waals surface area contributed by atoms with Gasteiger partial charge in [0.2, 0.25) is 0 Å². The van der Waals surface area contributed by atoms with Crippen molar-refractivity contribution in [2.75, 3.05) is 27.9 Å². The molecule has 188 valence electrons. The molecule has 1 aliphatic heterocycles. The van der Waals surface area contributed by atoms with E-state index in [1.807, 2.05) is 0 Å². The summed E-state index contributed by atoms with van der Waals surface area (Å²) in [6, 6.07) is 5.35. The van der Waals surface area contributed by atoms with Gasteiger partial charge in [-0.25, -0.2) is 8.42 Å². The summed E-state index contributed by atoms with van der Waals surface area (Å²) in [6.07, 6.45) is 0.843. The Kier molecular flexibility index (Phi) is 7.52. The predicted octanol–water partition coefficient (Wildman–Crippen LogP) is 2.89. The molecule has 1 atom stereocenters. The van der Waals surface area contributed by atoms with Crippen LogP contribution in [0.4, 0.5) is 0 Å². The number of carbonyl (C=O) groups is 2. The van der Waals surface area contributed by atoms with Gasteiger partial charge in [0.05, 0.1) is 25.7 Å². The number of hydrogen-bond acceptors (Lipinski definition) is 9. The Morgan fingerprint density at radius 2 is 1.83 bits per heavy atom. The van der Waals surface area contributed by atoms with E-state index < -0.39 is 27.9 Å². The fourth-order valence-corrected chi connectivity index (χ4v) is 8.28. The van der Waals surface area contributed by atoms with E-state index in [4.69, 9.17) is 25.8 Å². The number of esters is 1. The number of ether oxygens (including phenoxy) is 3. The van der Waals surface area contributed by atoms with Crippen LogP contribution < -0.4 is 14.3 Å². The van der Waals surface area contributed by atoms with Crippen molar-refractivity contribution >= 4 is 66.4 Å². The number of thiazole rings is 1. The van der Waals surface area contributed by atoms with Gasteiger partial charge in [-0.3, -0.25) is 9.59 Å². The van der Waals surface area contributed by atoms with Crippen LogP contribution in [0.25, 0.3) is 10.2 Å². The highest BCUT2D eigenvalue weighted by atomic mass is 35.5. The molecule has 0 spiro atoms. The molecule has 14 heteroatoms. The van der Waals surface area contributed by atoms with Crippen LogP contribution in [-0.4, -0.2) is 63.1 Å². The van der Waals surface area contributed by atoms with Crippen molar-refractivity contribution in [1.82, 2.24) is 8.87 Å². The molecule has 0 radical (unpaired) electrons. The van der Waals surface area contributed by atoms with Crippen LogP contribution in [-0.2, 0) is 30.9 Å². The molecule has 1 amide bonds. The summed E-state index contributed by atoms with van der Waals surface area (Å²) in [5, 5.41) is 0. The lowest BCUT2D eigenvalue weighted by Crippen LogP contribution is -2.40. The second kappa shape index (κ2) is 10.3. The number of halogens is 1. The highest BCUT2D eigenvalue weighted by molar-refractivity contribution is 7.91. The Balaban J connectivity index is 1.82. The smallest absolute Gasteiger partial charge is 0.325 e. The lowest BCUT2D eigenvalue weighted by Gasteiger charge is -2.20. The third-order valence-electron chi connectivity index (χ3n) is 5.51. The summed E-state index contributed by atoms with van der Waals surface area (Å²) >= 11 is 8.00. The number of hydrogen-bond donors (Lipinski definition) is 0. The van der Waals surface area contributed by atoms with Gasteiger partial charge >= 0.3 is 5.97 Å². The first-order chi connectivity index (χ1) is 16.7. The van der Waals surface area contributed by atoms with E-state index >= 15 is 0 Å². The van der Waals surface area contributed by atoms with Crippen molar-refractivity contribution in [2.45, 2.75) is 29.6 Å². The van der Waals surface area contributed by atoms with Crippen LogP contribution in [0.15, 0.2) is 33.5 Å². The Morgan fingerprint density at radius 3 is 2.46 bits per heavy atom. The van der Waals surface area contributed by atoms with Gasteiger partial charge in [0, 0.05) is 6.54 Å². The lowest BCUT2D eigenvalue weighted by molar-refractivity contribution is -0.141. The molecule has 10 nitrogen and oxygen atoms in total. The number of amides is 1. The second-order valence-corrected chi connectivity index (χ2v) is 12.3. The average Bonchev–Trinajstić information content (AvgIpc) is 3.58. The van der Waals surface area contributed by atoms with Gasteiger partial charge in [-0.15, -0.1) is 11.3 Å². The number of carbonyl (C=O) groups excluding carboxylic acids is 2. The minimum absolute atomic E-state index is 0.0688. The monoisotopic (exact) mass is 559 g/mol. The van der Waals surface area contributed by atoms with Crippen molar-refractivity contribution in [2.24, 2.45) is 4.99 Å². The average molecular weight is 560 g/mol. The fraction of sp³-hybridized carbons (Fsp3) is 0.381. The minimum Gasteiger partial charge on any atom is -0.495 e. The number of fused-ring (bicyclic) bond motifs is 1. The van der Waals surface area contributed by atoms with Gasteiger partial charge in [0.25, 0.3) is 15.9 Å². The first-order valence-corrected chi connectivity index (χ1v) is 13.8. The summed E-state index contributed by atoms with van der Waals surface area (Å²) in [7, 11) is 0.338.